The third kappa shape index (κ3) is 4.19. The molecule has 0 aromatic heterocycles. The molecule has 17 heavy (non-hydrogen) atoms. The third-order valence-electron chi connectivity index (χ3n) is 3.63. The van der Waals surface area contributed by atoms with Crippen molar-refractivity contribution in [2.24, 2.45) is 17.1 Å². The second-order valence-electron chi connectivity index (χ2n) is 6.56. The maximum Gasteiger partial charge on any atom is 0.404 e. The van der Waals surface area contributed by atoms with Crippen LogP contribution in [0.15, 0.2) is 0 Å². The highest BCUT2D eigenvalue weighted by molar-refractivity contribution is 5.64. The summed E-state index contributed by atoms with van der Waals surface area (Å²) in [6.07, 6.45) is 2.39. The second kappa shape index (κ2) is 4.84. The van der Waals surface area contributed by atoms with E-state index in [2.05, 4.69) is 0 Å². The van der Waals surface area contributed by atoms with Crippen LogP contribution in [0.1, 0.15) is 53.4 Å². The molecule has 0 saturated heterocycles. The van der Waals surface area contributed by atoms with Crippen molar-refractivity contribution in [1.29, 1.82) is 0 Å². The number of hydrogen-bond acceptors (Lipinski definition) is 3. The quantitative estimate of drug-likeness (QED) is 0.782. The molecule has 1 atom stereocenters. The van der Waals surface area contributed by atoms with Crippen molar-refractivity contribution in [2.45, 2.75) is 65.1 Å². The summed E-state index contributed by atoms with van der Waals surface area (Å²) in [5.74, 6) is 0.294. The van der Waals surface area contributed by atoms with Crippen LogP contribution < -0.4 is 5.73 Å². The second-order valence-corrected chi connectivity index (χ2v) is 6.56. The van der Waals surface area contributed by atoms with E-state index >= 15 is 0 Å². The molecular weight excluding hydrogens is 218 g/mol. The molecule has 0 heterocycles. The van der Waals surface area contributed by atoms with Gasteiger partial charge in [-0.15, -0.1) is 0 Å². The number of aliphatic hydroxyl groups is 1. The van der Waals surface area contributed by atoms with Gasteiger partial charge in [0, 0.05) is 0 Å². The van der Waals surface area contributed by atoms with Crippen LogP contribution >= 0.6 is 0 Å². The fourth-order valence-electron chi connectivity index (χ4n) is 2.67. The average Bonchev–Trinajstić information content (AvgIpc) is 2.13. The van der Waals surface area contributed by atoms with E-state index in [9.17, 15) is 9.90 Å². The van der Waals surface area contributed by atoms with Gasteiger partial charge in [-0.25, -0.2) is 4.79 Å². The molecule has 3 N–H and O–H groups in total. The Morgan fingerprint density at radius 2 is 1.88 bits per heavy atom. The van der Waals surface area contributed by atoms with Crippen LogP contribution in [0.3, 0.4) is 0 Å². The van der Waals surface area contributed by atoms with Crippen molar-refractivity contribution in [1.82, 2.24) is 0 Å². The third-order valence-corrected chi connectivity index (χ3v) is 3.63. The standard InChI is InChI=1S/C13H25NO3/c1-12(2,3)10(17-11(14)15)9-5-7-13(4,16)8-6-9/h9-10,16H,5-8H2,1-4H3,(H2,14,15)/t9-,10?,13+. The van der Waals surface area contributed by atoms with Crippen molar-refractivity contribution in [3.63, 3.8) is 0 Å². The van der Waals surface area contributed by atoms with Crippen molar-refractivity contribution in [3.05, 3.63) is 0 Å². The molecule has 1 aliphatic carbocycles. The Kier molecular flexibility index (Phi) is 4.07. The predicted octanol–water partition coefficient (Wildman–Crippen LogP) is 2.44. The maximum atomic E-state index is 11.0. The minimum absolute atomic E-state index is 0.122. The average molecular weight is 243 g/mol. The van der Waals surface area contributed by atoms with Crippen molar-refractivity contribution in [2.75, 3.05) is 0 Å². The smallest absolute Gasteiger partial charge is 0.404 e. The van der Waals surface area contributed by atoms with Gasteiger partial charge in [0.1, 0.15) is 6.10 Å². The molecule has 1 fully saturated rings. The van der Waals surface area contributed by atoms with Gasteiger partial charge in [0.25, 0.3) is 0 Å². The predicted molar refractivity (Wildman–Crippen MR) is 66.5 cm³/mol. The summed E-state index contributed by atoms with van der Waals surface area (Å²) in [7, 11) is 0. The van der Waals surface area contributed by atoms with Gasteiger partial charge in [0.05, 0.1) is 5.60 Å². The van der Waals surface area contributed by atoms with Gasteiger partial charge in [-0.1, -0.05) is 20.8 Å². The maximum absolute atomic E-state index is 11.0. The lowest BCUT2D eigenvalue weighted by Gasteiger charge is -2.41. The van der Waals surface area contributed by atoms with Crippen LogP contribution in [0.2, 0.25) is 0 Å². The summed E-state index contributed by atoms with van der Waals surface area (Å²) in [6.45, 7) is 8.01. The van der Waals surface area contributed by atoms with Crippen molar-refractivity contribution >= 4 is 6.09 Å². The molecule has 0 bridgehead atoms. The molecule has 1 saturated carbocycles. The minimum atomic E-state index is -0.706. The Morgan fingerprint density at radius 1 is 1.41 bits per heavy atom. The highest BCUT2D eigenvalue weighted by Gasteiger charge is 2.39. The number of nitrogens with two attached hydrogens (primary N) is 1. The van der Waals surface area contributed by atoms with Crippen molar-refractivity contribution in [3.8, 4) is 0 Å². The first-order valence-electron chi connectivity index (χ1n) is 6.30. The van der Waals surface area contributed by atoms with Gasteiger partial charge in [-0.05, 0) is 43.9 Å². The zero-order chi connectivity index (χ0) is 13.3. The van der Waals surface area contributed by atoms with E-state index in [1.807, 2.05) is 27.7 Å². The van der Waals surface area contributed by atoms with E-state index < -0.39 is 11.7 Å². The van der Waals surface area contributed by atoms with Crippen molar-refractivity contribution < 1.29 is 14.6 Å². The van der Waals surface area contributed by atoms with E-state index in [0.717, 1.165) is 25.7 Å². The van der Waals surface area contributed by atoms with Crippen LogP contribution in [0.4, 0.5) is 4.79 Å². The van der Waals surface area contributed by atoms with Gasteiger partial charge in [-0.2, -0.15) is 0 Å². The monoisotopic (exact) mass is 243 g/mol. The van der Waals surface area contributed by atoms with Crippen LogP contribution in [-0.2, 0) is 4.74 Å². The van der Waals surface area contributed by atoms with Gasteiger partial charge in [0.15, 0.2) is 0 Å². The number of ether oxygens (including phenoxy) is 1. The number of primary amides is 1. The van der Waals surface area contributed by atoms with Crippen LogP contribution in [0.5, 0.6) is 0 Å². The molecule has 0 aromatic rings. The lowest BCUT2D eigenvalue weighted by molar-refractivity contribution is -0.0529. The van der Waals surface area contributed by atoms with Crippen LogP contribution in [-0.4, -0.2) is 22.9 Å². The summed E-state index contributed by atoms with van der Waals surface area (Å²) >= 11 is 0. The Morgan fingerprint density at radius 3 is 2.24 bits per heavy atom. The first-order valence-corrected chi connectivity index (χ1v) is 6.30. The molecule has 0 aromatic carbocycles. The van der Waals surface area contributed by atoms with Gasteiger partial charge < -0.3 is 15.6 Å². The SMILES string of the molecule is CC(C)(C)C(OC(N)=O)[C@H]1CC[C@@](C)(O)CC1. The van der Waals surface area contributed by atoms with E-state index in [-0.39, 0.29) is 11.5 Å². The largest absolute Gasteiger partial charge is 0.446 e. The first-order chi connectivity index (χ1) is 7.62. The Balaban J connectivity index is 2.69. The van der Waals surface area contributed by atoms with Gasteiger partial charge >= 0.3 is 6.09 Å². The zero-order valence-corrected chi connectivity index (χ0v) is 11.3. The number of carbonyl (C=O) groups is 1. The molecule has 4 nitrogen and oxygen atoms in total. The van der Waals surface area contributed by atoms with Gasteiger partial charge in [-0.3, -0.25) is 0 Å². The van der Waals surface area contributed by atoms with E-state index in [0.29, 0.717) is 5.92 Å². The molecule has 1 unspecified atom stereocenters. The topological polar surface area (TPSA) is 72.5 Å². The molecule has 4 heteroatoms. The normalized spacial score (nSPS) is 31.9. The lowest BCUT2D eigenvalue weighted by atomic mass is 9.71. The molecular formula is C13H25NO3. The van der Waals surface area contributed by atoms with E-state index in [4.69, 9.17) is 10.5 Å². The summed E-state index contributed by atoms with van der Waals surface area (Å²) in [5.41, 5.74) is 4.45. The number of hydrogen-bond donors (Lipinski definition) is 2. The number of rotatable bonds is 2. The lowest BCUT2D eigenvalue weighted by Crippen LogP contribution is -2.43. The number of carbonyl (C=O) groups excluding carboxylic acids is 1. The molecule has 0 aliphatic heterocycles. The Labute approximate surface area is 104 Å². The summed E-state index contributed by atoms with van der Waals surface area (Å²) in [5, 5.41) is 9.93. The molecule has 1 aliphatic rings. The number of amides is 1. The molecule has 0 spiro atoms. The fourth-order valence-corrected chi connectivity index (χ4v) is 2.67. The first kappa shape index (κ1) is 14.3. The highest BCUT2D eigenvalue weighted by atomic mass is 16.6. The van der Waals surface area contributed by atoms with Gasteiger partial charge in [0.2, 0.25) is 0 Å². The molecule has 100 valence electrons. The fraction of sp³-hybridized carbons (Fsp3) is 0.923. The minimum Gasteiger partial charge on any atom is -0.446 e. The molecule has 1 rings (SSSR count). The van der Waals surface area contributed by atoms with E-state index in [1.165, 1.54) is 0 Å². The molecule has 1 amide bonds. The van der Waals surface area contributed by atoms with E-state index in [1.54, 1.807) is 0 Å². The summed E-state index contributed by atoms with van der Waals surface area (Å²) in [6, 6.07) is 0. The van der Waals surface area contributed by atoms with Crippen LogP contribution in [0.25, 0.3) is 0 Å². The Hall–Kier alpha value is -0.770. The highest BCUT2D eigenvalue weighted by Crippen LogP contribution is 2.39. The Bertz CT molecular complexity index is 271. The van der Waals surface area contributed by atoms with Crippen LogP contribution in [0, 0.1) is 11.3 Å². The molecule has 0 radical (unpaired) electrons. The summed E-state index contributed by atoms with van der Waals surface area (Å²) < 4.78 is 5.28. The summed E-state index contributed by atoms with van der Waals surface area (Å²) in [4.78, 5) is 11.0. The zero-order valence-electron chi connectivity index (χ0n) is 11.3.